The fraction of sp³-hybridized carbons (Fsp3) is 0.308. The van der Waals surface area contributed by atoms with E-state index in [4.69, 9.17) is 16.2 Å². The normalized spacial score (nSPS) is 19.1. The Morgan fingerprint density at radius 3 is 1.83 bits per heavy atom. The summed E-state index contributed by atoms with van der Waals surface area (Å²) in [4.78, 5) is 0. The van der Waals surface area contributed by atoms with Crippen LogP contribution in [0.1, 0.15) is 50.5 Å². The van der Waals surface area contributed by atoms with Crippen molar-refractivity contribution in [3.8, 4) is 22.6 Å². The number of anilines is 2. The molecule has 3 aromatic carbocycles. The van der Waals surface area contributed by atoms with Gasteiger partial charge in [-0.05, 0) is 72.4 Å². The minimum Gasteiger partial charge on any atom is -0.457 e. The Morgan fingerprint density at radius 2 is 1.28 bits per heavy atom. The molecule has 3 aromatic rings. The van der Waals surface area contributed by atoms with Gasteiger partial charge in [-0.15, -0.1) is 0 Å². The molecule has 0 aromatic heterocycles. The molecule has 0 unspecified atom stereocenters. The fourth-order valence-electron chi connectivity index (χ4n) is 4.41. The predicted molar refractivity (Wildman–Crippen MR) is 122 cm³/mol. The van der Waals surface area contributed by atoms with E-state index in [9.17, 15) is 0 Å². The first kappa shape index (κ1) is 19.4. The standard InChI is InChI=1S/C26H30N2O/c1-2-18-3-5-19(6-4-18)20-7-9-21(10-8-20)22-11-13-25(14-12-22)29-26-16-23(27)15-24(28)17-26/h7-19H,2-6,27-28H2,1H3. The highest BCUT2D eigenvalue weighted by molar-refractivity contribution is 5.65. The van der Waals surface area contributed by atoms with Gasteiger partial charge in [0, 0.05) is 23.5 Å². The van der Waals surface area contributed by atoms with Crippen LogP contribution >= 0.6 is 0 Å². The molecule has 1 aliphatic carbocycles. The summed E-state index contributed by atoms with van der Waals surface area (Å²) in [5.74, 6) is 3.09. The summed E-state index contributed by atoms with van der Waals surface area (Å²) >= 11 is 0. The molecule has 1 saturated carbocycles. The lowest BCUT2D eigenvalue weighted by Gasteiger charge is -2.28. The molecule has 4 N–H and O–H groups in total. The van der Waals surface area contributed by atoms with Gasteiger partial charge in [-0.25, -0.2) is 0 Å². The fourth-order valence-corrected chi connectivity index (χ4v) is 4.41. The highest BCUT2D eigenvalue weighted by atomic mass is 16.5. The minimum atomic E-state index is 0.597. The third kappa shape index (κ3) is 4.73. The number of ether oxygens (including phenoxy) is 1. The van der Waals surface area contributed by atoms with Crippen LogP contribution < -0.4 is 16.2 Å². The molecule has 0 aliphatic heterocycles. The van der Waals surface area contributed by atoms with Crippen LogP contribution in [-0.2, 0) is 0 Å². The summed E-state index contributed by atoms with van der Waals surface area (Å²) < 4.78 is 5.89. The molecule has 0 spiro atoms. The van der Waals surface area contributed by atoms with Gasteiger partial charge in [-0.2, -0.15) is 0 Å². The van der Waals surface area contributed by atoms with E-state index in [-0.39, 0.29) is 0 Å². The molecule has 0 atom stereocenters. The maximum absolute atomic E-state index is 5.89. The Labute approximate surface area is 173 Å². The highest BCUT2D eigenvalue weighted by Gasteiger charge is 2.21. The van der Waals surface area contributed by atoms with Gasteiger partial charge in [-0.1, -0.05) is 49.7 Å². The lowest BCUT2D eigenvalue weighted by Crippen LogP contribution is -2.12. The van der Waals surface area contributed by atoms with Crippen LogP contribution in [0.2, 0.25) is 0 Å². The van der Waals surface area contributed by atoms with Crippen molar-refractivity contribution in [2.75, 3.05) is 11.5 Å². The number of hydrogen-bond donors (Lipinski definition) is 2. The van der Waals surface area contributed by atoms with Crippen molar-refractivity contribution < 1.29 is 4.74 Å². The lowest BCUT2D eigenvalue weighted by molar-refractivity contribution is 0.319. The van der Waals surface area contributed by atoms with Gasteiger partial charge in [0.05, 0.1) is 0 Å². The van der Waals surface area contributed by atoms with Crippen LogP contribution in [-0.4, -0.2) is 0 Å². The molecule has 1 fully saturated rings. The van der Waals surface area contributed by atoms with E-state index in [1.807, 2.05) is 12.1 Å². The molecule has 4 rings (SSSR count). The molecule has 3 heteroatoms. The van der Waals surface area contributed by atoms with Crippen LogP contribution in [0.3, 0.4) is 0 Å². The minimum absolute atomic E-state index is 0.597. The van der Waals surface area contributed by atoms with Crippen molar-refractivity contribution in [3.05, 3.63) is 72.3 Å². The SMILES string of the molecule is CCC1CCC(c2ccc(-c3ccc(Oc4cc(N)cc(N)c4)cc3)cc2)CC1. The third-order valence-corrected chi connectivity index (χ3v) is 6.18. The summed E-state index contributed by atoms with van der Waals surface area (Å²) in [5.41, 5.74) is 16.8. The summed E-state index contributed by atoms with van der Waals surface area (Å²) in [7, 11) is 0. The zero-order chi connectivity index (χ0) is 20.2. The second-order valence-electron chi connectivity index (χ2n) is 8.21. The van der Waals surface area contributed by atoms with E-state index in [0.29, 0.717) is 17.1 Å². The smallest absolute Gasteiger partial charge is 0.131 e. The summed E-state index contributed by atoms with van der Waals surface area (Å²) in [6.45, 7) is 2.32. The molecule has 29 heavy (non-hydrogen) atoms. The van der Waals surface area contributed by atoms with Crippen molar-refractivity contribution in [2.24, 2.45) is 5.92 Å². The van der Waals surface area contributed by atoms with Gasteiger partial charge >= 0.3 is 0 Å². The number of benzene rings is 3. The molecule has 1 aliphatic rings. The largest absolute Gasteiger partial charge is 0.457 e. The van der Waals surface area contributed by atoms with Crippen LogP contribution in [0.5, 0.6) is 11.5 Å². The van der Waals surface area contributed by atoms with E-state index >= 15 is 0 Å². The first-order valence-corrected chi connectivity index (χ1v) is 10.6. The summed E-state index contributed by atoms with van der Waals surface area (Å²) in [6, 6.07) is 22.5. The average Bonchev–Trinajstić information content (AvgIpc) is 2.74. The van der Waals surface area contributed by atoms with Gasteiger partial charge < -0.3 is 16.2 Å². The average molecular weight is 387 g/mol. The van der Waals surface area contributed by atoms with E-state index in [2.05, 4.69) is 43.3 Å². The number of rotatable bonds is 5. The molecule has 0 heterocycles. The van der Waals surface area contributed by atoms with E-state index in [1.165, 1.54) is 48.8 Å². The second-order valence-corrected chi connectivity index (χ2v) is 8.21. The van der Waals surface area contributed by atoms with Gasteiger partial charge in [0.1, 0.15) is 11.5 Å². The van der Waals surface area contributed by atoms with E-state index in [0.717, 1.165) is 17.6 Å². The molecule has 3 nitrogen and oxygen atoms in total. The Hall–Kier alpha value is -2.94. The zero-order valence-corrected chi connectivity index (χ0v) is 17.1. The van der Waals surface area contributed by atoms with Crippen molar-refractivity contribution in [2.45, 2.75) is 44.9 Å². The Morgan fingerprint density at radius 1 is 0.724 bits per heavy atom. The molecule has 0 amide bonds. The maximum Gasteiger partial charge on any atom is 0.131 e. The second kappa shape index (κ2) is 8.60. The Kier molecular flexibility index (Phi) is 5.75. The van der Waals surface area contributed by atoms with Crippen LogP contribution in [0.15, 0.2) is 66.7 Å². The van der Waals surface area contributed by atoms with Gasteiger partial charge in [0.15, 0.2) is 0 Å². The van der Waals surface area contributed by atoms with Crippen molar-refractivity contribution >= 4 is 11.4 Å². The molecular formula is C26H30N2O. The van der Waals surface area contributed by atoms with Crippen molar-refractivity contribution in [1.29, 1.82) is 0 Å². The Bertz CT molecular complexity index is 919. The van der Waals surface area contributed by atoms with Crippen LogP contribution in [0.25, 0.3) is 11.1 Å². The molecular weight excluding hydrogens is 356 g/mol. The number of hydrogen-bond acceptors (Lipinski definition) is 3. The molecule has 150 valence electrons. The topological polar surface area (TPSA) is 61.3 Å². The summed E-state index contributed by atoms with van der Waals surface area (Å²) in [5, 5.41) is 0. The number of nitrogens with two attached hydrogens (primary N) is 2. The monoisotopic (exact) mass is 386 g/mol. The summed E-state index contributed by atoms with van der Waals surface area (Å²) in [6.07, 6.45) is 6.75. The molecule has 0 saturated heterocycles. The van der Waals surface area contributed by atoms with Crippen LogP contribution in [0.4, 0.5) is 11.4 Å². The predicted octanol–water partition coefficient (Wildman–Crippen LogP) is 6.99. The first-order chi connectivity index (χ1) is 14.1. The highest BCUT2D eigenvalue weighted by Crippen LogP contribution is 2.37. The lowest BCUT2D eigenvalue weighted by atomic mass is 9.77. The number of nitrogen functional groups attached to an aromatic ring is 2. The zero-order valence-electron chi connectivity index (χ0n) is 17.1. The third-order valence-electron chi connectivity index (χ3n) is 6.18. The Balaban J connectivity index is 1.42. The van der Waals surface area contributed by atoms with Crippen molar-refractivity contribution in [3.63, 3.8) is 0 Å². The van der Waals surface area contributed by atoms with E-state index in [1.54, 1.807) is 18.2 Å². The molecule has 0 bridgehead atoms. The van der Waals surface area contributed by atoms with Gasteiger partial charge in [0.2, 0.25) is 0 Å². The van der Waals surface area contributed by atoms with Crippen molar-refractivity contribution in [1.82, 2.24) is 0 Å². The van der Waals surface area contributed by atoms with Crippen LogP contribution in [0, 0.1) is 5.92 Å². The maximum atomic E-state index is 5.89. The first-order valence-electron chi connectivity index (χ1n) is 10.6. The van der Waals surface area contributed by atoms with E-state index < -0.39 is 0 Å². The molecule has 0 radical (unpaired) electrons. The van der Waals surface area contributed by atoms with Gasteiger partial charge in [-0.3, -0.25) is 0 Å². The van der Waals surface area contributed by atoms with Gasteiger partial charge in [0.25, 0.3) is 0 Å². The quantitative estimate of drug-likeness (QED) is 0.464.